The van der Waals surface area contributed by atoms with Crippen molar-refractivity contribution in [2.45, 2.75) is 46.1 Å². The third-order valence-corrected chi connectivity index (χ3v) is 3.41. The summed E-state index contributed by atoms with van der Waals surface area (Å²) in [7, 11) is 0. The van der Waals surface area contributed by atoms with E-state index in [2.05, 4.69) is 37.9 Å². The Balaban J connectivity index is 4.30. The lowest BCUT2D eigenvalue weighted by Crippen LogP contribution is -2.55. The van der Waals surface area contributed by atoms with E-state index in [1.165, 1.54) is 0 Å². The van der Waals surface area contributed by atoms with E-state index in [1.54, 1.807) is 0 Å². The van der Waals surface area contributed by atoms with E-state index in [-0.39, 0.29) is 11.4 Å². The van der Waals surface area contributed by atoms with E-state index in [4.69, 9.17) is 5.73 Å². The van der Waals surface area contributed by atoms with Gasteiger partial charge in [-0.3, -0.25) is 9.69 Å². The third kappa shape index (κ3) is 4.49. The second-order valence-corrected chi connectivity index (χ2v) is 4.20. The van der Waals surface area contributed by atoms with E-state index in [0.717, 1.165) is 25.9 Å². The molecule has 0 aliphatic carbocycles. The van der Waals surface area contributed by atoms with Crippen LogP contribution < -0.4 is 11.1 Å². The monoisotopic (exact) mass is 229 g/mol. The first kappa shape index (κ1) is 15.4. The number of carbonyl (C=O) groups excluding carboxylic acids is 1. The molecule has 0 atom stereocenters. The average molecular weight is 229 g/mol. The molecule has 0 aromatic rings. The maximum absolute atomic E-state index is 11.9. The van der Waals surface area contributed by atoms with Crippen molar-refractivity contribution in [2.75, 3.05) is 26.2 Å². The van der Waals surface area contributed by atoms with Gasteiger partial charge in [0.15, 0.2) is 0 Å². The van der Waals surface area contributed by atoms with Crippen LogP contribution in [0, 0.1) is 0 Å². The first-order valence-electron chi connectivity index (χ1n) is 6.30. The fourth-order valence-electron chi connectivity index (χ4n) is 1.75. The van der Waals surface area contributed by atoms with E-state index in [1.807, 2.05) is 0 Å². The minimum absolute atomic E-state index is 0.0813. The summed E-state index contributed by atoms with van der Waals surface area (Å²) in [6.07, 6.45) is 1.76. The molecule has 0 saturated heterocycles. The Bertz CT molecular complexity index is 190. The quantitative estimate of drug-likeness (QED) is 0.652. The lowest BCUT2D eigenvalue weighted by Gasteiger charge is -2.32. The normalized spacial score (nSPS) is 11.9. The molecule has 3 N–H and O–H groups in total. The number of hydrogen-bond donors (Lipinski definition) is 2. The smallest absolute Gasteiger partial charge is 0.234 e. The van der Waals surface area contributed by atoms with Crippen LogP contribution in [0.4, 0.5) is 0 Å². The lowest BCUT2D eigenvalue weighted by atomic mass is 9.93. The van der Waals surface area contributed by atoms with Crippen molar-refractivity contribution in [3.8, 4) is 0 Å². The van der Waals surface area contributed by atoms with Crippen LogP contribution in [0.2, 0.25) is 0 Å². The van der Waals surface area contributed by atoms with Crippen molar-refractivity contribution in [1.82, 2.24) is 10.2 Å². The van der Waals surface area contributed by atoms with E-state index in [0.29, 0.717) is 13.1 Å². The summed E-state index contributed by atoms with van der Waals surface area (Å²) >= 11 is 0. The van der Waals surface area contributed by atoms with Crippen LogP contribution in [0.3, 0.4) is 0 Å². The predicted molar refractivity (Wildman–Crippen MR) is 68.3 cm³/mol. The number of nitrogens with one attached hydrogen (secondary N) is 1. The van der Waals surface area contributed by atoms with E-state index >= 15 is 0 Å². The number of likely N-dealkylation sites (N-methyl/N-ethyl adjacent to an activating group) is 1. The first-order valence-corrected chi connectivity index (χ1v) is 6.30. The van der Waals surface area contributed by atoms with Gasteiger partial charge in [-0.25, -0.2) is 0 Å². The van der Waals surface area contributed by atoms with Gasteiger partial charge in [0.25, 0.3) is 0 Å². The standard InChI is InChI=1S/C12H27N3O/c1-5-12(6-2,10-13)14-11(16)9-15(7-3)8-4/h5-10,13H2,1-4H3,(H,14,16). The molecule has 0 aromatic heterocycles. The van der Waals surface area contributed by atoms with Crippen molar-refractivity contribution in [2.24, 2.45) is 5.73 Å². The molecular formula is C12H27N3O. The summed E-state index contributed by atoms with van der Waals surface area (Å²) in [5.41, 5.74) is 5.53. The summed E-state index contributed by atoms with van der Waals surface area (Å²) in [5, 5.41) is 3.07. The molecule has 0 bridgehead atoms. The van der Waals surface area contributed by atoms with Gasteiger partial charge in [-0.15, -0.1) is 0 Å². The molecule has 4 heteroatoms. The molecular weight excluding hydrogens is 202 g/mol. The van der Waals surface area contributed by atoms with Crippen LogP contribution in [0.1, 0.15) is 40.5 Å². The number of amides is 1. The number of carbonyl (C=O) groups is 1. The van der Waals surface area contributed by atoms with Crippen molar-refractivity contribution in [3.05, 3.63) is 0 Å². The minimum Gasteiger partial charge on any atom is -0.348 e. The Labute approximate surface area is 99.6 Å². The second-order valence-electron chi connectivity index (χ2n) is 4.20. The SMILES string of the molecule is CCN(CC)CC(=O)NC(CC)(CC)CN. The largest absolute Gasteiger partial charge is 0.348 e. The highest BCUT2D eigenvalue weighted by Gasteiger charge is 2.26. The Morgan fingerprint density at radius 3 is 2.00 bits per heavy atom. The van der Waals surface area contributed by atoms with Gasteiger partial charge in [0.2, 0.25) is 5.91 Å². The van der Waals surface area contributed by atoms with Crippen molar-refractivity contribution in [3.63, 3.8) is 0 Å². The van der Waals surface area contributed by atoms with E-state index in [9.17, 15) is 4.79 Å². The highest BCUT2D eigenvalue weighted by atomic mass is 16.2. The summed E-state index contributed by atoms with van der Waals surface area (Å²) in [6, 6.07) is 0. The van der Waals surface area contributed by atoms with Crippen LogP contribution in [0.25, 0.3) is 0 Å². The average Bonchev–Trinajstić information content (AvgIpc) is 2.33. The zero-order chi connectivity index (χ0) is 12.6. The van der Waals surface area contributed by atoms with Gasteiger partial charge in [0.05, 0.1) is 12.1 Å². The van der Waals surface area contributed by atoms with Gasteiger partial charge in [-0.1, -0.05) is 27.7 Å². The fourth-order valence-corrected chi connectivity index (χ4v) is 1.75. The van der Waals surface area contributed by atoms with Crippen LogP contribution >= 0.6 is 0 Å². The topological polar surface area (TPSA) is 58.4 Å². The maximum atomic E-state index is 11.9. The van der Waals surface area contributed by atoms with Crippen LogP contribution in [0.15, 0.2) is 0 Å². The fraction of sp³-hybridized carbons (Fsp3) is 0.917. The molecule has 96 valence electrons. The van der Waals surface area contributed by atoms with Crippen LogP contribution in [-0.2, 0) is 4.79 Å². The molecule has 0 unspecified atom stereocenters. The van der Waals surface area contributed by atoms with Crippen LogP contribution in [0.5, 0.6) is 0 Å². The Morgan fingerprint density at radius 2 is 1.69 bits per heavy atom. The lowest BCUT2D eigenvalue weighted by molar-refractivity contribution is -0.124. The third-order valence-electron chi connectivity index (χ3n) is 3.41. The Morgan fingerprint density at radius 1 is 1.19 bits per heavy atom. The molecule has 1 amide bonds. The van der Waals surface area contributed by atoms with Gasteiger partial charge in [-0.05, 0) is 25.9 Å². The van der Waals surface area contributed by atoms with Gasteiger partial charge in [0, 0.05) is 6.54 Å². The summed E-state index contributed by atoms with van der Waals surface area (Å²) < 4.78 is 0. The van der Waals surface area contributed by atoms with Gasteiger partial charge < -0.3 is 11.1 Å². The zero-order valence-corrected chi connectivity index (χ0v) is 11.2. The highest BCUT2D eigenvalue weighted by Crippen LogP contribution is 2.12. The molecule has 0 rings (SSSR count). The van der Waals surface area contributed by atoms with Crippen molar-refractivity contribution < 1.29 is 4.79 Å². The summed E-state index contributed by atoms with van der Waals surface area (Å²) in [5.74, 6) is 0.0813. The number of nitrogens with two attached hydrogens (primary N) is 1. The van der Waals surface area contributed by atoms with E-state index < -0.39 is 0 Å². The van der Waals surface area contributed by atoms with Crippen molar-refractivity contribution in [1.29, 1.82) is 0 Å². The molecule has 0 aromatic carbocycles. The number of nitrogens with zero attached hydrogens (tertiary/aromatic N) is 1. The molecule has 0 fully saturated rings. The Hall–Kier alpha value is -0.610. The zero-order valence-electron chi connectivity index (χ0n) is 11.2. The van der Waals surface area contributed by atoms with Crippen molar-refractivity contribution >= 4 is 5.91 Å². The minimum atomic E-state index is -0.218. The molecule has 16 heavy (non-hydrogen) atoms. The summed E-state index contributed by atoms with van der Waals surface area (Å²) in [6.45, 7) is 11.0. The Kier molecular flexibility index (Phi) is 7.34. The van der Waals surface area contributed by atoms with Crippen LogP contribution in [-0.4, -0.2) is 42.5 Å². The number of hydrogen-bond acceptors (Lipinski definition) is 3. The molecule has 0 radical (unpaired) electrons. The molecule has 0 aliphatic heterocycles. The van der Waals surface area contributed by atoms with Gasteiger partial charge in [-0.2, -0.15) is 0 Å². The maximum Gasteiger partial charge on any atom is 0.234 e. The molecule has 0 spiro atoms. The van der Waals surface area contributed by atoms with Gasteiger partial charge >= 0.3 is 0 Å². The molecule has 0 aliphatic rings. The van der Waals surface area contributed by atoms with Gasteiger partial charge in [0.1, 0.15) is 0 Å². The predicted octanol–water partition coefficient (Wildman–Crippen LogP) is 0.962. The number of rotatable bonds is 8. The molecule has 4 nitrogen and oxygen atoms in total. The molecule has 0 heterocycles. The summed E-state index contributed by atoms with van der Waals surface area (Å²) in [4.78, 5) is 14.0. The molecule has 0 saturated carbocycles. The highest BCUT2D eigenvalue weighted by molar-refractivity contribution is 5.78. The first-order chi connectivity index (χ1) is 7.57. The second kappa shape index (κ2) is 7.63.